The molecule has 2 aromatic rings. The van der Waals surface area contributed by atoms with Gasteiger partial charge in [0, 0.05) is 40.3 Å². The molecule has 33 heavy (non-hydrogen) atoms. The highest BCUT2D eigenvalue weighted by atomic mass is 35.5. The number of fused-ring (bicyclic) bond motifs is 1. The van der Waals surface area contributed by atoms with Gasteiger partial charge in [0.05, 0.1) is 11.1 Å². The van der Waals surface area contributed by atoms with E-state index < -0.39 is 12.1 Å². The smallest absolute Gasteiger partial charge is 0.303 e. The lowest BCUT2D eigenvalue weighted by atomic mass is 9.86. The van der Waals surface area contributed by atoms with E-state index in [9.17, 15) is 19.8 Å². The van der Waals surface area contributed by atoms with Gasteiger partial charge in [-0.15, -0.1) is 11.3 Å². The Hall–Kier alpha value is -1.99. The molecule has 1 aromatic carbocycles. The number of allylic oxidation sites excluding steroid dienone is 3. The van der Waals surface area contributed by atoms with Crippen LogP contribution in [0.1, 0.15) is 43.4 Å². The largest absolute Gasteiger partial charge is 0.481 e. The SMILES string of the molecule is O=C(O)CCCC=CC[C@H]1C(=O)C[C@@H](CO)[C@@H]1C=CC(O)CCc1sc2ccccc2c1Cl. The second kappa shape index (κ2) is 12.5. The molecule has 0 aliphatic heterocycles. The van der Waals surface area contributed by atoms with Crippen LogP contribution in [0.5, 0.6) is 0 Å². The van der Waals surface area contributed by atoms with Crippen LogP contribution in [0.3, 0.4) is 0 Å². The zero-order valence-electron chi connectivity index (χ0n) is 18.5. The summed E-state index contributed by atoms with van der Waals surface area (Å²) in [6, 6.07) is 7.99. The van der Waals surface area contributed by atoms with Gasteiger partial charge in [0.15, 0.2) is 0 Å². The number of carboxylic acid groups (broad SMARTS) is 1. The number of thiophene rings is 1. The van der Waals surface area contributed by atoms with E-state index in [1.54, 1.807) is 17.4 Å². The first-order valence-corrected chi connectivity index (χ1v) is 12.6. The zero-order valence-corrected chi connectivity index (χ0v) is 20.1. The topological polar surface area (TPSA) is 94.8 Å². The Kier molecular flexibility index (Phi) is 9.68. The van der Waals surface area contributed by atoms with Crippen molar-refractivity contribution in [3.63, 3.8) is 0 Å². The van der Waals surface area contributed by atoms with E-state index in [-0.39, 0.29) is 36.6 Å². The fourth-order valence-corrected chi connectivity index (χ4v) is 5.99. The Labute approximate surface area is 203 Å². The van der Waals surface area contributed by atoms with Gasteiger partial charge >= 0.3 is 5.97 Å². The third-order valence-electron chi connectivity index (χ3n) is 6.26. The van der Waals surface area contributed by atoms with Crippen LogP contribution in [0.25, 0.3) is 10.1 Å². The molecule has 3 N–H and O–H groups in total. The molecule has 1 aliphatic rings. The number of Topliss-reactive ketones (excluding diaryl/α,β-unsaturated/α-hetero) is 1. The summed E-state index contributed by atoms with van der Waals surface area (Å²) in [6.07, 6.45) is 10.3. The lowest BCUT2D eigenvalue weighted by Crippen LogP contribution is -2.18. The van der Waals surface area contributed by atoms with Crippen LogP contribution in [0.15, 0.2) is 48.6 Å². The van der Waals surface area contributed by atoms with Crippen LogP contribution in [0.2, 0.25) is 5.02 Å². The zero-order chi connectivity index (χ0) is 23.8. The molecule has 1 unspecified atom stereocenters. The van der Waals surface area contributed by atoms with Crippen molar-refractivity contribution < 1.29 is 24.9 Å². The first-order chi connectivity index (χ1) is 15.9. The van der Waals surface area contributed by atoms with E-state index in [0.29, 0.717) is 38.5 Å². The number of carboxylic acids is 1. The summed E-state index contributed by atoms with van der Waals surface area (Å²) in [5.41, 5.74) is 0. The molecule has 178 valence electrons. The van der Waals surface area contributed by atoms with Gasteiger partial charge < -0.3 is 15.3 Å². The molecule has 0 saturated heterocycles. The number of hydrogen-bond donors (Lipinski definition) is 3. The highest BCUT2D eigenvalue weighted by molar-refractivity contribution is 7.19. The first-order valence-electron chi connectivity index (χ1n) is 11.4. The third kappa shape index (κ3) is 7.00. The van der Waals surface area contributed by atoms with Crippen molar-refractivity contribution in [2.45, 2.75) is 51.0 Å². The van der Waals surface area contributed by atoms with E-state index in [2.05, 4.69) is 0 Å². The molecule has 1 saturated carbocycles. The number of ketones is 1. The van der Waals surface area contributed by atoms with Crippen molar-refractivity contribution in [3.8, 4) is 0 Å². The molecule has 0 radical (unpaired) electrons. The molecule has 0 bridgehead atoms. The normalized spacial score (nSPS) is 22.2. The summed E-state index contributed by atoms with van der Waals surface area (Å²) >= 11 is 8.15. The number of aliphatic hydroxyl groups is 2. The van der Waals surface area contributed by atoms with Crippen LogP contribution in [0, 0.1) is 17.8 Å². The molecular formula is C26H31ClO5S. The molecule has 1 fully saturated rings. The van der Waals surface area contributed by atoms with Crippen molar-refractivity contribution in [2.24, 2.45) is 17.8 Å². The summed E-state index contributed by atoms with van der Waals surface area (Å²) in [6.45, 7) is -0.0624. The van der Waals surface area contributed by atoms with Crippen molar-refractivity contribution in [1.29, 1.82) is 0 Å². The van der Waals surface area contributed by atoms with Gasteiger partial charge in [-0.3, -0.25) is 9.59 Å². The Bertz CT molecular complexity index is 1010. The molecule has 7 heteroatoms. The summed E-state index contributed by atoms with van der Waals surface area (Å²) in [4.78, 5) is 24.1. The van der Waals surface area contributed by atoms with Gasteiger partial charge in [0.1, 0.15) is 5.78 Å². The van der Waals surface area contributed by atoms with Crippen LogP contribution >= 0.6 is 22.9 Å². The molecular weight excluding hydrogens is 460 g/mol. The Morgan fingerprint density at radius 3 is 2.79 bits per heavy atom. The van der Waals surface area contributed by atoms with Gasteiger partial charge in [-0.1, -0.05) is 54.1 Å². The maximum atomic E-state index is 12.5. The summed E-state index contributed by atoms with van der Waals surface area (Å²) in [5.74, 6) is -1.15. The van der Waals surface area contributed by atoms with Gasteiger partial charge in [-0.25, -0.2) is 0 Å². The predicted molar refractivity (Wildman–Crippen MR) is 133 cm³/mol. The Morgan fingerprint density at radius 2 is 2.06 bits per heavy atom. The second-order valence-electron chi connectivity index (χ2n) is 8.62. The number of benzene rings is 1. The van der Waals surface area contributed by atoms with E-state index in [0.717, 1.165) is 20.0 Å². The third-order valence-corrected chi connectivity index (χ3v) is 8.04. The van der Waals surface area contributed by atoms with Crippen LogP contribution < -0.4 is 0 Å². The number of rotatable bonds is 12. The number of aryl methyl sites for hydroxylation is 1. The monoisotopic (exact) mass is 490 g/mol. The minimum Gasteiger partial charge on any atom is -0.481 e. The molecule has 0 amide bonds. The van der Waals surface area contributed by atoms with E-state index >= 15 is 0 Å². The van der Waals surface area contributed by atoms with Crippen LogP contribution in [-0.2, 0) is 16.0 Å². The van der Waals surface area contributed by atoms with Crippen molar-refractivity contribution in [2.75, 3.05) is 6.61 Å². The van der Waals surface area contributed by atoms with Gasteiger partial charge in [-0.05, 0) is 50.0 Å². The fourth-order valence-electron chi connectivity index (χ4n) is 4.44. The van der Waals surface area contributed by atoms with Gasteiger partial charge in [0.25, 0.3) is 0 Å². The van der Waals surface area contributed by atoms with Gasteiger partial charge in [-0.2, -0.15) is 0 Å². The minimum atomic E-state index is -0.807. The number of carbonyl (C=O) groups excluding carboxylic acids is 1. The number of aliphatic carboxylic acids is 1. The summed E-state index contributed by atoms with van der Waals surface area (Å²) in [5, 5.41) is 30.8. The minimum absolute atomic E-state index is 0.0624. The lowest BCUT2D eigenvalue weighted by molar-refractivity contribution is -0.137. The standard InChI is InChI=1S/C26H31ClO5S/c27-26-21-8-5-6-9-23(21)33-24(26)14-12-18(29)11-13-19-17(16-28)15-22(30)20(19)7-3-1-2-4-10-25(31)32/h1,3,5-6,8-9,11,13,17-20,28-29H,2,4,7,10,12,14-16H2,(H,31,32)/t17-,18?,19-,20+/m0/s1. The lowest BCUT2D eigenvalue weighted by Gasteiger charge is -2.19. The Morgan fingerprint density at radius 1 is 1.27 bits per heavy atom. The highest BCUT2D eigenvalue weighted by Crippen LogP contribution is 2.38. The average Bonchev–Trinajstić information content (AvgIpc) is 3.29. The molecule has 3 rings (SSSR count). The number of halogens is 1. The van der Waals surface area contributed by atoms with E-state index in [1.165, 1.54) is 0 Å². The number of unbranched alkanes of at least 4 members (excludes halogenated alkanes) is 1. The van der Waals surface area contributed by atoms with Crippen LogP contribution in [-0.4, -0.2) is 39.8 Å². The molecule has 0 spiro atoms. The van der Waals surface area contributed by atoms with Crippen molar-refractivity contribution in [3.05, 3.63) is 58.5 Å². The predicted octanol–water partition coefficient (Wildman–Crippen LogP) is 5.42. The van der Waals surface area contributed by atoms with Gasteiger partial charge in [0.2, 0.25) is 0 Å². The van der Waals surface area contributed by atoms with Crippen LogP contribution in [0.4, 0.5) is 0 Å². The Balaban J connectivity index is 1.56. The van der Waals surface area contributed by atoms with Crippen molar-refractivity contribution in [1.82, 2.24) is 0 Å². The summed E-state index contributed by atoms with van der Waals surface area (Å²) in [7, 11) is 0. The quantitative estimate of drug-likeness (QED) is 0.273. The average molecular weight is 491 g/mol. The molecule has 1 aromatic heterocycles. The molecule has 5 nitrogen and oxygen atoms in total. The van der Waals surface area contributed by atoms with E-state index in [4.69, 9.17) is 16.7 Å². The van der Waals surface area contributed by atoms with E-state index in [1.807, 2.05) is 42.5 Å². The molecule has 1 heterocycles. The summed E-state index contributed by atoms with van der Waals surface area (Å²) < 4.78 is 1.14. The first kappa shape index (κ1) is 25.6. The fraction of sp³-hybridized carbons (Fsp3) is 0.462. The molecule has 1 aliphatic carbocycles. The maximum absolute atomic E-state index is 12.5. The number of hydrogen-bond acceptors (Lipinski definition) is 5. The molecule has 4 atom stereocenters. The van der Waals surface area contributed by atoms with Crippen molar-refractivity contribution >= 4 is 44.8 Å². The number of carbonyl (C=O) groups is 2. The maximum Gasteiger partial charge on any atom is 0.303 e. The number of aliphatic hydroxyl groups excluding tert-OH is 2. The second-order valence-corrected chi connectivity index (χ2v) is 10.1. The highest BCUT2D eigenvalue weighted by Gasteiger charge is 2.39.